The van der Waals surface area contributed by atoms with Crippen molar-refractivity contribution in [3.8, 4) is 23.3 Å². The van der Waals surface area contributed by atoms with E-state index in [0.717, 1.165) is 27.8 Å². The maximum Gasteiger partial charge on any atom is 0.268 e. The van der Waals surface area contributed by atoms with Crippen LogP contribution in [0, 0.1) is 29.6 Å². The third kappa shape index (κ3) is 7.37. The Morgan fingerprint density at radius 2 is 1.71 bits per heavy atom. The van der Waals surface area contributed by atoms with Crippen molar-refractivity contribution in [1.29, 1.82) is 0 Å². The van der Waals surface area contributed by atoms with Gasteiger partial charge in [-0.25, -0.2) is 4.99 Å². The van der Waals surface area contributed by atoms with Crippen molar-refractivity contribution in [3.05, 3.63) is 106 Å². The quantitative estimate of drug-likeness (QED) is 0.0733. The monoisotopic (exact) mass is 711 g/mol. The van der Waals surface area contributed by atoms with Crippen LogP contribution in [-0.2, 0) is 14.9 Å². The van der Waals surface area contributed by atoms with Crippen LogP contribution in [0.1, 0.15) is 97.4 Å². The number of phenols is 1. The lowest BCUT2D eigenvalue weighted by Gasteiger charge is -2.41. The number of hydrogen-bond donors (Lipinski definition) is 5. The molecule has 1 aliphatic carbocycles. The highest BCUT2D eigenvalue weighted by Crippen LogP contribution is 2.54. The largest absolute Gasteiger partial charge is 0.508 e. The Balaban J connectivity index is 1.43. The molecule has 0 amide bonds. The van der Waals surface area contributed by atoms with Crippen LogP contribution in [0.5, 0.6) is 11.5 Å². The number of aromatic hydroxyl groups is 1. The van der Waals surface area contributed by atoms with E-state index in [-0.39, 0.29) is 54.5 Å². The van der Waals surface area contributed by atoms with Crippen molar-refractivity contribution in [2.75, 3.05) is 6.61 Å². The molecule has 1 saturated heterocycles. The predicted octanol–water partition coefficient (Wildman–Crippen LogP) is 5.83. The lowest BCUT2D eigenvalue weighted by Crippen LogP contribution is -2.39. The molecule has 0 radical (unpaired) electrons. The van der Waals surface area contributed by atoms with E-state index in [4.69, 9.17) is 20.9 Å². The van der Waals surface area contributed by atoms with Gasteiger partial charge in [0.1, 0.15) is 17.6 Å². The zero-order chi connectivity index (χ0) is 35.9. The Labute approximate surface area is 299 Å². The molecule has 268 valence electrons. The van der Waals surface area contributed by atoms with Crippen molar-refractivity contribution in [1.82, 2.24) is 0 Å². The van der Waals surface area contributed by atoms with E-state index in [1.54, 1.807) is 12.1 Å². The van der Waals surface area contributed by atoms with Gasteiger partial charge in [-0.2, -0.15) is 8.42 Å². The number of rotatable bonds is 4. The summed E-state index contributed by atoms with van der Waals surface area (Å²) in [6, 6.07) is 20.4. The lowest BCUT2D eigenvalue weighted by atomic mass is 9.65. The number of phenolic OH excluding ortho intramolecular Hbond substituents is 1. The number of aliphatic hydroxyl groups excluding tert-OH is 1. The molecule has 9 atom stereocenters. The van der Waals surface area contributed by atoms with Gasteiger partial charge in [0.25, 0.3) is 10.1 Å². The zero-order valence-corrected chi connectivity index (χ0v) is 29.4. The molecule has 51 heavy (non-hydrogen) atoms. The molecule has 11 heteroatoms. The number of benzene rings is 3. The van der Waals surface area contributed by atoms with E-state index < -0.39 is 33.6 Å². The fourth-order valence-corrected chi connectivity index (χ4v) is 9.84. The van der Waals surface area contributed by atoms with Crippen LogP contribution in [0.4, 0.5) is 0 Å². The molecule has 1 fully saturated rings. The van der Waals surface area contributed by atoms with E-state index >= 15 is 0 Å². The van der Waals surface area contributed by atoms with Crippen LogP contribution in [0.3, 0.4) is 0 Å². The second kappa shape index (κ2) is 14.4. The number of nitrogens with two attached hydrogens (primary N) is 2. The van der Waals surface area contributed by atoms with Gasteiger partial charge < -0.3 is 31.2 Å². The predicted molar refractivity (Wildman–Crippen MR) is 194 cm³/mol. The molecule has 8 bridgehead atoms. The summed E-state index contributed by atoms with van der Waals surface area (Å²) in [5, 5.41) is 19.6. The molecule has 10 rings (SSSR count). The van der Waals surface area contributed by atoms with Gasteiger partial charge in [-0.05, 0) is 96.7 Å². The third-order valence-electron chi connectivity index (χ3n) is 11.1. The van der Waals surface area contributed by atoms with E-state index in [1.165, 1.54) is 0 Å². The average Bonchev–Trinajstić information content (AvgIpc) is 3.23. The third-order valence-corrected chi connectivity index (χ3v) is 12.4. The smallest absolute Gasteiger partial charge is 0.268 e. The van der Waals surface area contributed by atoms with Gasteiger partial charge in [0.05, 0.1) is 11.4 Å². The van der Waals surface area contributed by atoms with Crippen LogP contribution in [-0.4, -0.2) is 47.1 Å². The number of nitrogens with zero attached hydrogens (tertiary/aromatic N) is 1. The lowest BCUT2D eigenvalue weighted by molar-refractivity contribution is -0.0131. The molecule has 6 aliphatic heterocycles. The zero-order valence-electron chi connectivity index (χ0n) is 28.6. The highest BCUT2D eigenvalue weighted by atomic mass is 32.2. The summed E-state index contributed by atoms with van der Waals surface area (Å²) < 4.78 is 51.7. The normalized spacial score (nSPS) is 30.0. The molecule has 6 heterocycles. The molecule has 10 nitrogen and oxygen atoms in total. The van der Waals surface area contributed by atoms with Gasteiger partial charge in [-0.3, -0.25) is 4.55 Å². The van der Waals surface area contributed by atoms with Crippen molar-refractivity contribution >= 4 is 16.1 Å². The van der Waals surface area contributed by atoms with E-state index in [1.807, 2.05) is 67.6 Å². The number of guanidine groups is 1. The van der Waals surface area contributed by atoms with Gasteiger partial charge in [-0.15, -0.1) is 0 Å². The molecule has 3 aromatic rings. The minimum Gasteiger partial charge on any atom is -0.508 e. The molecule has 0 unspecified atom stereocenters. The first-order chi connectivity index (χ1) is 24.5. The fraction of sp³-hybridized carbons (Fsp3) is 0.425. The van der Waals surface area contributed by atoms with Crippen molar-refractivity contribution in [2.24, 2.45) is 34.2 Å². The SMILES string of the molecule is CC[C@H]1C[C@@H](S(=O)(=O)O)[C@H]2C=C3C[C@@H](C[C@H]4C[C@H](CO)CC#Cc5cc(O)ccc5[C@@H]3O4)[C@@H]2c2ccc(cc2)[C@@H](N=C(N)N)Oc2ccc1cc2. The number of fused-ring (bicyclic) bond motifs is 7. The summed E-state index contributed by atoms with van der Waals surface area (Å²) in [5.41, 5.74) is 16.6. The molecule has 7 aliphatic rings. The number of aliphatic imine (C=N–C) groups is 1. The van der Waals surface area contributed by atoms with Gasteiger partial charge >= 0.3 is 0 Å². The van der Waals surface area contributed by atoms with Gasteiger partial charge in [0.15, 0.2) is 5.96 Å². The summed E-state index contributed by atoms with van der Waals surface area (Å²) in [5.74, 6) is 5.72. The molecule has 7 N–H and O–H groups in total. The molecule has 0 spiro atoms. The Kier molecular flexibility index (Phi) is 9.87. The van der Waals surface area contributed by atoms with Crippen molar-refractivity contribution < 1.29 is 32.7 Å². The highest BCUT2D eigenvalue weighted by molar-refractivity contribution is 7.86. The van der Waals surface area contributed by atoms with Crippen LogP contribution < -0.4 is 16.2 Å². The fourth-order valence-electron chi connectivity index (χ4n) is 8.71. The molecular weight excluding hydrogens is 667 g/mol. The average molecular weight is 712 g/mol. The van der Waals surface area contributed by atoms with Gasteiger partial charge in [0, 0.05) is 35.6 Å². The number of allylic oxidation sites excluding steroid dienone is 1. The number of hydrogen-bond acceptors (Lipinski definition) is 7. The van der Waals surface area contributed by atoms with Crippen LogP contribution in [0.15, 0.2) is 83.4 Å². The maximum atomic E-state index is 13.7. The molecule has 0 aromatic heterocycles. The Bertz CT molecular complexity index is 1980. The first-order valence-electron chi connectivity index (χ1n) is 17.7. The Morgan fingerprint density at radius 1 is 0.980 bits per heavy atom. The summed E-state index contributed by atoms with van der Waals surface area (Å²) >= 11 is 0. The minimum atomic E-state index is -4.56. The van der Waals surface area contributed by atoms with Crippen molar-refractivity contribution in [3.63, 3.8) is 0 Å². The van der Waals surface area contributed by atoms with Crippen LogP contribution in [0.2, 0.25) is 0 Å². The molecule has 0 saturated carbocycles. The van der Waals surface area contributed by atoms with Gasteiger partial charge in [-0.1, -0.05) is 67.3 Å². The Hall–Kier alpha value is -4.34. The second-order valence-corrected chi connectivity index (χ2v) is 16.0. The number of aliphatic hydroxyl groups is 1. The first-order valence-corrected chi connectivity index (χ1v) is 19.2. The van der Waals surface area contributed by atoms with Crippen LogP contribution >= 0.6 is 0 Å². The Morgan fingerprint density at radius 3 is 2.39 bits per heavy atom. The van der Waals surface area contributed by atoms with E-state index in [2.05, 4.69) is 16.8 Å². The van der Waals surface area contributed by atoms with E-state index in [9.17, 15) is 23.2 Å². The second-order valence-electron chi connectivity index (χ2n) is 14.4. The topological polar surface area (TPSA) is 178 Å². The standard InChI is InChI=1S/C40H45N3O7S/c1-2-24-21-36(51(46,47)48)35-20-30-17-29(19-33-16-23(22-44)4-3-5-28-18-31(45)12-15-34(28)38(30)49-33)37(35)26-6-8-27(9-7-26)39(43-40(41)42)50-32-13-10-25(24)11-14-32/h6-15,18,20,23-24,29,33,35-39,44-45H,2,4,16-17,19,21-22H2,1H3,(H4,41,42,43)(H,46,47,48)/t23-,24+,29+,33-,35-,36-,37+,38-,39+/m1/s1. The van der Waals surface area contributed by atoms with Crippen LogP contribution in [0.25, 0.3) is 0 Å². The first kappa shape index (κ1) is 35.1. The summed E-state index contributed by atoms with van der Waals surface area (Å²) in [4.78, 5) is 4.37. The summed E-state index contributed by atoms with van der Waals surface area (Å²) in [6.45, 7) is 1.98. The molecule has 3 aromatic carbocycles. The summed E-state index contributed by atoms with van der Waals surface area (Å²) in [7, 11) is -4.56. The minimum absolute atomic E-state index is 0.0455. The molecular formula is C40H45N3O7S. The van der Waals surface area contributed by atoms with E-state index in [0.29, 0.717) is 43.4 Å². The maximum absolute atomic E-state index is 13.7. The van der Waals surface area contributed by atoms with Gasteiger partial charge in [0.2, 0.25) is 6.23 Å². The highest BCUT2D eigenvalue weighted by Gasteiger charge is 2.47. The number of ether oxygens (including phenoxy) is 2. The van der Waals surface area contributed by atoms with Crippen molar-refractivity contribution in [2.45, 2.75) is 81.0 Å². The summed E-state index contributed by atoms with van der Waals surface area (Å²) in [6.07, 6.45) is 3.61.